The van der Waals surface area contributed by atoms with Crippen molar-refractivity contribution in [3.63, 3.8) is 0 Å². The van der Waals surface area contributed by atoms with E-state index in [-0.39, 0.29) is 5.91 Å². The van der Waals surface area contributed by atoms with Crippen molar-refractivity contribution in [2.75, 3.05) is 26.2 Å². The van der Waals surface area contributed by atoms with Crippen LogP contribution >= 0.6 is 22.6 Å². The normalized spacial score (nSPS) is 27.1. The molecule has 96 valence electrons. The third kappa shape index (κ3) is 2.16. The highest BCUT2D eigenvalue weighted by molar-refractivity contribution is 14.1. The number of benzene rings is 1. The Bertz CT molecular complexity index is 469. The SMILES string of the molecule is O=C(c1ccccc1I)N1CCC2(CCNC2)C1. The van der Waals surface area contributed by atoms with Gasteiger partial charge in [-0.15, -0.1) is 0 Å². The molecule has 1 aromatic rings. The zero-order valence-electron chi connectivity index (χ0n) is 10.3. The number of halogens is 1. The second kappa shape index (κ2) is 4.81. The minimum atomic E-state index is 0.198. The van der Waals surface area contributed by atoms with Gasteiger partial charge >= 0.3 is 0 Å². The molecule has 4 heteroatoms. The lowest BCUT2D eigenvalue weighted by Gasteiger charge is -2.23. The van der Waals surface area contributed by atoms with Crippen LogP contribution in [0.4, 0.5) is 0 Å². The first kappa shape index (κ1) is 12.4. The fraction of sp³-hybridized carbons (Fsp3) is 0.500. The molecule has 1 unspecified atom stereocenters. The zero-order chi connectivity index (χ0) is 12.6. The van der Waals surface area contributed by atoms with Crippen molar-refractivity contribution in [1.29, 1.82) is 0 Å². The summed E-state index contributed by atoms with van der Waals surface area (Å²) in [7, 11) is 0. The third-order valence-electron chi connectivity index (χ3n) is 4.16. The predicted octanol–water partition coefficient (Wildman–Crippen LogP) is 2.12. The Balaban J connectivity index is 1.77. The summed E-state index contributed by atoms with van der Waals surface area (Å²) in [6, 6.07) is 7.85. The van der Waals surface area contributed by atoms with E-state index in [1.54, 1.807) is 0 Å². The van der Waals surface area contributed by atoms with Crippen LogP contribution in [0.3, 0.4) is 0 Å². The molecule has 0 radical (unpaired) electrons. The molecule has 2 heterocycles. The summed E-state index contributed by atoms with van der Waals surface area (Å²) < 4.78 is 1.05. The highest BCUT2D eigenvalue weighted by atomic mass is 127. The quantitative estimate of drug-likeness (QED) is 0.782. The summed E-state index contributed by atoms with van der Waals surface area (Å²) in [4.78, 5) is 14.5. The Labute approximate surface area is 121 Å². The van der Waals surface area contributed by atoms with E-state index in [2.05, 4.69) is 27.9 Å². The molecule has 1 amide bonds. The van der Waals surface area contributed by atoms with E-state index in [1.165, 1.54) is 6.42 Å². The van der Waals surface area contributed by atoms with E-state index in [0.717, 1.165) is 41.7 Å². The highest BCUT2D eigenvalue weighted by Crippen LogP contribution is 2.36. The Morgan fingerprint density at radius 2 is 2.17 bits per heavy atom. The van der Waals surface area contributed by atoms with Gasteiger partial charge in [0.1, 0.15) is 0 Å². The van der Waals surface area contributed by atoms with E-state index in [4.69, 9.17) is 0 Å². The predicted molar refractivity (Wildman–Crippen MR) is 79.6 cm³/mol. The molecule has 0 aromatic heterocycles. The third-order valence-corrected chi connectivity index (χ3v) is 5.10. The van der Waals surface area contributed by atoms with Crippen LogP contribution in [-0.4, -0.2) is 37.0 Å². The smallest absolute Gasteiger partial charge is 0.254 e. The monoisotopic (exact) mass is 356 g/mol. The summed E-state index contributed by atoms with van der Waals surface area (Å²) in [6.07, 6.45) is 2.36. The minimum Gasteiger partial charge on any atom is -0.338 e. The molecule has 3 nitrogen and oxygen atoms in total. The Kier molecular flexibility index (Phi) is 3.32. The van der Waals surface area contributed by atoms with Crippen LogP contribution in [0, 0.1) is 8.99 Å². The molecule has 2 saturated heterocycles. The summed E-state index contributed by atoms with van der Waals surface area (Å²) in [6.45, 7) is 4.00. The molecule has 0 bridgehead atoms. The first-order valence-corrected chi connectivity index (χ1v) is 7.53. The fourth-order valence-electron chi connectivity index (χ4n) is 3.06. The number of amides is 1. The summed E-state index contributed by atoms with van der Waals surface area (Å²) in [5.74, 6) is 0.198. The first-order valence-electron chi connectivity index (χ1n) is 6.45. The number of rotatable bonds is 1. The van der Waals surface area contributed by atoms with Crippen LogP contribution in [0.2, 0.25) is 0 Å². The second-order valence-electron chi connectivity index (χ2n) is 5.38. The highest BCUT2D eigenvalue weighted by Gasteiger charge is 2.42. The number of nitrogens with one attached hydrogen (secondary N) is 1. The van der Waals surface area contributed by atoms with Crippen LogP contribution in [0.15, 0.2) is 24.3 Å². The van der Waals surface area contributed by atoms with E-state index < -0.39 is 0 Å². The second-order valence-corrected chi connectivity index (χ2v) is 6.55. The molecule has 2 aliphatic heterocycles. The molecule has 3 rings (SSSR count). The minimum absolute atomic E-state index is 0.198. The van der Waals surface area contributed by atoms with Gasteiger partial charge in [-0.05, 0) is 54.1 Å². The van der Waals surface area contributed by atoms with E-state index in [9.17, 15) is 4.79 Å². The first-order chi connectivity index (χ1) is 8.70. The molecule has 1 N–H and O–H groups in total. The average Bonchev–Trinajstić information content (AvgIpc) is 3.00. The van der Waals surface area contributed by atoms with Crippen molar-refractivity contribution in [3.05, 3.63) is 33.4 Å². The molecule has 18 heavy (non-hydrogen) atoms. The average molecular weight is 356 g/mol. The molecular formula is C14H17IN2O. The molecule has 0 saturated carbocycles. The zero-order valence-corrected chi connectivity index (χ0v) is 12.4. The van der Waals surface area contributed by atoms with Gasteiger partial charge in [0, 0.05) is 28.6 Å². The van der Waals surface area contributed by atoms with Crippen molar-refractivity contribution in [2.24, 2.45) is 5.41 Å². The standard InChI is InChI=1S/C14H17IN2O/c15-12-4-2-1-3-11(12)13(18)17-8-6-14(10-17)5-7-16-9-14/h1-4,16H,5-10H2. The summed E-state index contributed by atoms with van der Waals surface area (Å²) >= 11 is 2.24. The topological polar surface area (TPSA) is 32.3 Å². The fourth-order valence-corrected chi connectivity index (χ4v) is 3.68. The van der Waals surface area contributed by atoms with Crippen molar-refractivity contribution in [2.45, 2.75) is 12.8 Å². The van der Waals surface area contributed by atoms with Gasteiger partial charge in [-0.1, -0.05) is 12.1 Å². The Hall–Kier alpha value is -0.620. The van der Waals surface area contributed by atoms with Crippen LogP contribution in [0.1, 0.15) is 23.2 Å². The molecule has 1 atom stereocenters. The van der Waals surface area contributed by atoms with Crippen LogP contribution in [0.5, 0.6) is 0 Å². The lowest BCUT2D eigenvalue weighted by Crippen LogP contribution is -2.33. The summed E-state index contributed by atoms with van der Waals surface area (Å²) in [5.41, 5.74) is 1.21. The van der Waals surface area contributed by atoms with E-state index >= 15 is 0 Å². The van der Waals surface area contributed by atoms with Crippen LogP contribution in [-0.2, 0) is 0 Å². The Morgan fingerprint density at radius 1 is 1.33 bits per heavy atom. The number of likely N-dealkylation sites (tertiary alicyclic amines) is 1. The van der Waals surface area contributed by atoms with Gasteiger partial charge in [0.25, 0.3) is 5.91 Å². The molecule has 1 spiro atoms. The Morgan fingerprint density at radius 3 is 2.89 bits per heavy atom. The number of hydrogen-bond acceptors (Lipinski definition) is 2. The van der Waals surface area contributed by atoms with Crippen LogP contribution < -0.4 is 5.32 Å². The number of carbonyl (C=O) groups is 1. The lowest BCUT2D eigenvalue weighted by molar-refractivity contribution is 0.0774. The van der Waals surface area contributed by atoms with E-state index in [0.29, 0.717) is 5.41 Å². The maximum atomic E-state index is 12.5. The number of nitrogens with zero attached hydrogens (tertiary/aromatic N) is 1. The van der Waals surface area contributed by atoms with Gasteiger partial charge in [-0.3, -0.25) is 4.79 Å². The molecule has 1 aromatic carbocycles. The largest absolute Gasteiger partial charge is 0.338 e. The van der Waals surface area contributed by atoms with E-state index in [1.807, 2.05) is 29.2 Å². The van der Waals surface area contributed by atoms with Gasteiger partial charge in [0.05, 0.1) is 5.56 Å². The van der Waals surface area contributed by atoms with Gasteiger partial charge in [-0.2, -0.15) is 0 Å². The van der Waals surface area contributed by atoms with Gasteiger partial charge in [0.15, 0.2) is 0 Å². The number of carbonyl (C=O) groups excluding carboxylic acids is 1. The van der Waals surface area contributed by atoms with Crippen LogP contribution in [0.25, 0.3) is 0 Å². The van der Waals surface area contributed by atoms with Gasteiger partial charge in [0.2, 0.25) is 0 Å². The summed E-state index contributed by atoms with van der Waals surface area (Å²) in [5, 5.41) is 3.43. The molecular weight excluding hydrogens is 339 g/mol. The lowest BCUT2D eigenvalue weighted by atomic mass is 9.86. The maximum Gasteiger partial charge on any atom is 0.254 e. The van der Waals surface area contributed by atoms with Gasteiger partial charge < -0.3 is 10.2 Å². The van der Waals surface area contributed by atoms with Crippen molar-refractivity contribution < 1.29 is 4.79 Å². The number of hydrogen-bond donors (Lipinski definition) is 1. The molecule has 2 fully saturated rings. The molecule has 2 aliphatic rings. The maximum absolute atomic E-state index is 12.5. The van der Waals surface area contributed by atoms with Crippen molar-refractivity contribution in [3.8, 4) is 0 Å². The van der Waals surface area contributed by atoms with Gasteiger partial charge in [-0.25, -0.2) is 0 Å². The molecule has 0 aliphatic carbocycles. The van der Waals surface area contributed by atoms with Crippen molar-refractivity contribution >= 4 is 28.5 Å². The van der Waals surface area contributed by atoms with Crippen molar-refractivity contribution in [1.82, 2.24) is 10.2 Å².